The number of benzene rings is 2. The van der Waals surface area contributed by atoms with Gasteiger partial charge in [0.2, 0.25) is 10.0 Å². The van der Waals surface area contributed by atoms with Crippen LogP contribution in [-0.4, -0.2) is 38.3 Å². The summed E-state index contributed by atoms with van der Waals surface area (Å²) in [4.78, 5) is 12.6. The first-order chi connectivity index (χ1) is 13.7. The standard InChI is InChI=1S/C20H22BrFN2O4S/c1-13-5-3-4-10-24(13)29(26,27)19-11-14(6-9-18(19)28-2)20(25)23-17-8-7-15(21)12-16(17)22/h6-9,11-13H,3-5,10H2,1-2H3,(H,23,25). The van der Waals surface area contributed by atoms with E-state index in [1.807, 2.05) is 6.92 Å². The molecule has 156 valence electrons. The van der Waals surface area contributed by atoms with Gasteiger partial charge >= 0.3 is 0 Å². The Balaban J connectivity index is 1.95. The van der Waals surface area contributed by atoms with Crippen molar-refractivity contribution in [2.45, 2.75) is 37.1 Å². The molecule has 0 radical (unpaired) electrons. The molecule has 1 fully saturated rings. The summed E-state index contributed by atoms with van der Waals surface area (Å²) in [7, 11) is -2.47. The van der Waals surface area contributed by atoms with Crippen LogP contribution in [0, 0.1) is 5.82 Å². The zero-order valence-corrected chi connectivity index (χ0v) is 18.5. The molecule has 1 unspecified atom stereocenters. The molecule has 1 N–H and O–H groups in total. The quantitative estimate of drug-likeness (QED) is 0.681. The van der Waals surface area contributed by atoms with Crippen LogP contribution in [0.15, 0.2) is 45.8 Å². The van der Waals surface area contributed by atoms with Crippen molar-refractivity contribution in [3.05, 3.63) is 52.3 Å². The summed E-state index contributed by atoms with van der Waals surface area (Å²) in [5.74, 6) is -1.05. The monoisotopic (exact) mass is 484 g/mol. The minimum atomic E-state index is -3.85. The summed E-state index contributed by atoms with van der Waals surface area (Å²) in [6, 6.07) is 8.29. The van der Waals surface area contributed by atoms with Gasteiger partial charge in [0.15, 0.2) is 0 Å². The van der Waals surface area contributed by atoms with Gasteiger partial charge in [-0.3, -0.25) is 4.79 Å². The number of rotatable bonds is 5. The fraction of sp³-hybridized carbons (Fsp3) is 0.350. The molecule has 1 aliphatic rings. The third-order valence-electron chi connectivity index (χ3n) is 4.93. The number of ether oxygens (including phenoxy) is 1. The molecule has 1 atom stereocenters. The van der Waals surface area contributed by atoms with Crippen LogP contribution in [0.4, 0.5) is 10.1 Å². The van der Waals surface area contributed by atoms with Gasteiger partial charge in [-0.2, -0.15) is 4.31 Å². The zero-order valence-electron chi connectivity index (χ0n) is 16.1. The smallest absolute Gasteiger partial charge is 0.255 e. The summed E-state index contributed by atoms with van der Waals surface area (Å²) in [5, 5.41) is 2.47. The number of anilines is 1. The second kappa shape index (κ2) is 8.81. The normalized spacial score (nSPS) is 17.7. The van der Waals surface area contributed by atoms with Crippen molar-refractivity contribution >= 4 is 37.5 Å². The van der Waals surface area contributed by atoms with Crippen LogP contribution >= 0.6 is 15.9 Å². The SMILES string of the molecule is COc1ccc(C(=O)Nc2ccc(Br)cc2F)cc1S(=O)(=O)N1CCCCC1C. The Bertz CT molecular complexity index is 1030. The summed E-state index contributed by atoms with van der Waals surface area (Å²) < 4.78 is 47.8. The van der Waals surface area contributed by atoms with E-state index in [2.05, 4.69) is 21.2 Å². The van der Waals surface area contributed by atoms with Crippen LogP contribution in [-0.2, 0) is 10.0 Å². The van der Waals surface area contributed by atoms with E-state index in [0.29, 0.717) is 11.0 Å². The van der Waals surface area contributed by atoms with Crippen LogP contribution < -0.4 is 10.1 Å². The molecule has 0 spiro atoms. The number of hydrogen-bond acceptors (Lipinski definition) is 4. The Morgan fingerprint density at radius 3 is 2.66 bits per heavy atom. The second-order valence-electron chi connectivity index (χ2n) is 6.90. The maximum absolute atomic E-state index is 14.0. The molecule has 2 aromatic rings. The van der Waals surface area contributed by atoms with Crippen LogP contribution in [0.3, 0.4) is 0 Å². The lowest BCUT2D eigenvalue weighted by Gasteiger charge is -2.32. The Labute approximate surface area is 178 Å². The Morgan fingerprint density at radius 2 is 2.00 bits per heavy atom. The third-order valence-corrected chi connectivity index (χ3v) is 7.46. The van der Waals surface area contributed by atoms with Crippen molar-refractivity contribution in [2.75, 3.05) is 19.0 Å². The largest absolute Gasteiger partial charge is 0.495 e. The number of piperidine rings is 1. The van der Waals surface area contributed by atoms with Crippen molar-refractivity contribution < 1.29 is 22.3 Å². The lowest BCUT2D eigenvalue weighted by molar-refractivity contribution is 0.102. The van der Waals surface area contributed by atoms with E-state index in [0.717, 1.165) is 19.3 Å². The first-order valence-electron chi connectivity index (χ1n) is 9.20. The Morgan fingerprint density at radius 1 is 1.24 bits per heavy atom. The maximum atomic E-state index is 14.0. The minimum absolute atomic E-state index is 0.00285. The van der Waals surface area contributed by atoms with Gasteiger partial charge in [-0.1, -0.05) is 22.4 Å². The number of halogens is 2. The van der Waals surface area contributed by atoms with Gasteiger partial charge in [0.25, 0.3) is 5.91 Å². The molecular formula is C20H22BrFN2O4S. The molecule has 9 heteroatoms. The number of methoxy groups -OCH3 is 1. The molecule has 6 nitrogen and oxygen atoms in total. The molecule has 0 saturated carbocycles. The topological polar surface area (TPSA) is 75.7 Å². The molecule has 1 saturated heterocycles. The van der Waals surface area contributed by atoms with Gasteiger partial charge in [-0.25, -0.2) is 12.8 Å². The lowest BCUT2D eigenvalue weighted by Crippen LogP contribution is -2.42. The van der Waals surface area contributed by atoms with Gasteiger partial charge in [0.1, 0.15) is 16.5 Å². The summed E-state index contributed by atoms with van der Waals surface area (Å²) in [5.41, 5.74) is 0.0967. The fourth-order valence-corrected chi connectivity index (χ4v) is 5.58. The van der Waals surface area contributed by atoms with Gasteiger partial charge in [-0.05, 0) is 56.2 Å². The first-order valence-corrected chi connectivity index (χ1v) is 11.4. The third kappa shape index (κ3) is 4.62. The highest BCUT2D eigenvalue weighted by Crippen LogP contribution is 2.32. The van der Waals surface area contributed by atoms with E-state index in [4.69, 9.17) is 4.74 Å². The number of hydrogen-bond donors (Lipinski definition) is 1. The summed E-state index contributed by atoms with van der Waals surface area (Å²) >= 11 is 3.16. The Kier molecular flexibility index (Phi) is 6.60. The maximum Gasteiger partial charge on any atom is 0.255 e. The van der Waals surface area contributed by atoms with Gasteiger partial charge in [-0.15, -0.1) is 0 Å². The van der Waals surface area contributed by atoms with E-state index < -0.39 is 21.7 Å². The highest BCUT2D eigenvalue weighted by atomic mass is 79.9. The Hall–Kier alpha value is -1.97. The van der Waals surface area contributed by atoms with E-state index in [9.17, 15) is 17.6 Å². The van der Waals surface area contributed by atoms with E-state index in [1.54, 1.807) is 6.07 Å². The predicted molar refractivity (Wildman–Crippen MR) is 112 cm³/mol. The predicted octanol–water partition coefficient (Wildman–Crippen LogP) is 4.41. The van der Waals surface area contributed by atoms with Crippen molar-refractivity contribution in [2.24, 2.45) is 0 Å². The zero-order chi connectivity index (χ0) is 21.2. The van der Waals surface area contributed by atoms with Crippen LogP contribution in [0.2, 0.25) is 0 Å². The van der Waals surface area contributed by atoms with Crippen LogP contribution in [0.5, 0.6) is 5.75 Å². The van der Waals surface area contributed by atoms with E-state index in [-0.39, 0.29) is 27.9 Å². The molecule has 29 heavy (non-hydrogen) atoms. The molecule has 0 aliphatic carbocycles. The average Bonchev–Trinajstić information content (AvgIpc) is 2.69. The number of sulfonamides is 1. The number of amides is 1. The highest BCUT2D eigenvalue weighted by Gasteiger charge is 2.33. The molecule has 1 heterocycles. The highest BCUT2D eigenvalue weighted by molar-refractivity contribution is 9.10. The molecule has 0 aromatic heterocycles. The average molecular weight is 485 g/mol. The van der Waals surface area contributed by atoms with Gasteiger partial charge in [0, 0.05) is 22.6 Å². The number of carbonyl (C=O) groups excluding carboxylic acids is 1. The summed E-state index contributed by atoms with van der Waals surface area (Å²) in [6.45, 7) is 2.29. The molecule has 1 aliphatic heterocycles. The first kappa shape index (κ1) is 21.7. The van der Waals surface area contributed by atoms with Crippen molar-refractivity contribution in [3.8, 4) is 5.75 Å². The van der Waals surface area contributed by atoms with Crippen molar-refractivity contribution in [1.29, 1.82) is 0 Å². The molecule has 0 bridgehead atoms. The van der Waals surface area contributed by atoms with Crippen LogP contribution in [0.1, 0.15) is 36.5 Å². The van der Waals surface area contributed by atoms with Crippen molar-refractivity contribution in [3.63, 3.8) is 0 Å². The number of carbonyl (C=O) groups is 1. The number of nitrogens with zero attached hydrogens (tertiary/aromatic N) is 1. The fourth-order valence-electron chi connectivity index (χ4n) is 3.36. The minimum Gasteiger partial charge on any atom is -0.495 e. The molecule has 3 rings (SSSR count). The van der Waals surface area contributed by atoms with E-state index in [1.165, 1.54) is 41.7 Å². The van der Waals surface area contributed by atoms with Gasteiger partial charge < -0.3 is 10.1 Å². The van der Waals surface area contributed by atoms with E-state index >= 15 is 0 Å². The van der Waals surface area contributed by atoms with Crippen LogP contribution in [0.25, 0.3) is 0 Å². The number of nitrogens with one attached hydrogen (secondary N) is 1. The molecular weight excluding hydrogens is 463 g/mol. The summed E-state index contributed by atoms with van der Waals surface area (Å²) in [6.07, 6.45) is 2.55. The second-order valence-corrected chi connectivity index (χ2v) is 9.68. The molecule has 2 aromatic carbocycles. The molecule has 1 amide bonds. The van der Waals surface area contributed by atoms with Gasteiger partial charge in [0.05, 0.1) is 12.8 Å². The van der Waals surface area contributed by atoms with Crippen molar-refractivity contribution in [1.82, 2.24) is 4.31 Å². The lowest BCUT2D eigenvalue weighted by atomic mass is 10.1.